The highest BCUT2D eigenvalue weighted by molar-refractivity contribution is 5.79. The molecule has 2 aliphatic carbocycles. The summed E-state index contributed by atoms with van der Waals surface area (Å²) in [5, 5.41) is 13.1. The van der Waals surface area contributed by atoms with Gasteiger partial charge in [-0.05, 0) is 56.8 Å². The lowest BCUT2D eigenvalue weighted by Gasteiger charge is -2.43. The predicted octanol–water partition coefficient (Wildman–Crippen LogP) is 2.87. The van der Waals surface area contributed by atoms with E-state index in [0.717, 1.165) is 38.5 Å². The fourth-order valence-corrected chi connectivity index (χ4v) is 3.24. The molecule has 2 rings (SSSR count). The minimum Gasteiger partial charge on any atom is -0.390 e. The number of nitrogens with one attached hydrogen (secondary N) is 1. The molecule has 0 atom stereocenters. The standard InChI is InChI=1S/C16H29NO2/c1-15(2,3)12-9-11(10-12)14(18)17-13-5-7-16(4,19)8-6-13/h11-13,19H,5-10H2,1-4H3,(H,17,18). The first-order valence-electron chi connectivity index (χ1n) is 7.70. The number of carbonyl (C=O) groups is 1. The van der Waals surface area contributed by atoms with E-state index in [1.165, 1.54) is 0 Å². The maximum atomic E-state index is 12.2. The minimum absolute atomic E-state index is 0.228. The average molecular weight is 267 g/mol. The molecule has 2 aliphatic rings. The molecule has 0 aromatic rings. The topological polar surface area (TPSA) is 49.3 Å². The van der Waals surface area contributed by atoms with Crippen molar-refractivity contribution in [1.29, 1.82) is 0 Å². The monoisotopic (exact) mass is 267 g/mol. The predicted molar refractivity (Wildman–Crippen MR) is 76.7 cm³/mol. The van der Waals surface area contributed by atoms with E-state index in [9.17, 15) is 9.90 Å². The van der Waals surface area contributed by atoms with Gasteiger partial charge in [0, 0.05) is 12.0 Å². The smallest absolute Gasteiger partial charge is 0.223 e. The summed E-state index contributed by atoms with van der Waals surface area (Å²) in [6.45, 7) is 8.67. The van der Waals surface area contributed by atoms with Crippen molar-refractivity contribution < 1.29 is 9.90 Å². The second kappa shape index (κ2) is 5.08. The first-order chi connectivity index (χ1) is 8.67. The van der Waals surface area contributed by atoms with Gasteiger partial charge in [0.05, 0.1) is 5.60 Å². The van der Waals surface area contributed by atoms with Crippen LogP contribution in [0.15, 0.2) is 0 Å². The molecule has 0 bridgehead atoms. The fraction of sp³-hybridized carbons (Fsp3) is 0.938. The Morgan fingerprint density at radius 3 is 2.21 bits per heavy atom. The van der Waals surface area contributed by atoms with Crippen molar-refractivity contribution in [2.24, 2.45) is 17.3 Å². The molecule has 2 fully saturated rings. The average Bonchev–Trinajstić information content (AvgIpc) is 2.16. The molecule has 0 aliphatic heterocycles. The largest absolute Gasteiger partial charge is 0.390 e. The second-order valence-electron chi connectivity index (χ2n) is 8.01. The second-order valence-corrected chi connectivity index (χ2v) is 8.01. The van der Waals surface area contributed by atoms with Gasteiger partial charge in [-0.1, -0.05) is 20.8 Å². The Hall–Kier alpha value is -0.570. The summed E-state index contributed by atoms with van der Waals surface area (Å²) >= 11 is 0. The van der Waals surface area contributed by atoms with Crippen LogP contribution in [-0.4, -0.2) is 22.7 Å². The first-order valence-corrected chi connectivity index (χ1v) is 7.70. The highest BCUT2D eigenvalue weighted by Crippen LogP contribution is 2.45. The third-order valence-electron chi connectivity index (χ3n) is 5.14. The van der Waals surface area contributed by atoms with Crippen LogP contribution in [0.1, 0.15) is 66.2 Å². The van der Waals surface area contributed by atoms with Gasteiger partial charge in [-0.15, -0.1) is 0 Å². The van der Waals surface area contributed by atoms with Crippen LogP contribution in [0, 0.1) is 17.3 Å². The Kier molecular flexibility index (Phi) is 3.97. The van der Waals surface area contributed by atoms with Crippen LogP contribution in [0.3, 0.4) is 0 Å². The molecule has 0 unspecified atom stereocenters. The molecule has 0 aromatic carbocycles. The van der Waals surface area contributed by atoms with Crippen LogP contribution in [0.4, 0.5) is 0 Å². The number of hydrogen-bond acceptors (Lipinski definition) is 2. The van der Waals surface area contributed by atoms with Crippen LogP contribution in [0.25, 0.3) is 0 Å². The minimum atomic E-state index is -0.519. The Morgan fingerprint density at radius 1 is 1.21 bits per heavy atom. The van der Waals surface area contributed by atoms with Crippen molar-refractivity contribution >= 4 is 5.91 Å². The zero-order chi connectivity index (χ0) is 14.3. The third-order valence-corrected chi connectivity index (χ3v) is 5.14. The number of amides is 1. The van der Waals surface area contributed by atoms with Gasteiger partial charge in [0.25, 0.3) is 0 Å². The van der Waals surface area contributed by atoms with E-state index in [1.807, 2.05) is 6.92 Å². The first kappa shape index (κ1) is 14.8. The maximum Gasteiger partial charge on any atom is 0.223 e. The lowest BCUT2D eigenvalue weighted by Crippen LogP contribution is -2.48. The van der Waals surface area contributed by atoms with Crippen LogP contribution < -0.4 is 5.32 Å². The third kappa shape index (κ3) is 3.71. The number of rotatable bonds is 2. The molecule has 19 heavy (non-hydrogen) atoms. The Labute approximate surface area is 117 Å². The van der Waals surface area contributed by atoms with Crippen LogP contribution in [0.2, 0.25) is 0 Å². The molecule has 2 saturated carbocycles. The highest BCUT2D eigenvalue weighted by Gasteiger charge is 2.41. The molecular weight excluding hydrogens is 238 g/mol. The summed E-state index contributed by atoms with van der Waals surface area (Å²) < 4.78 is 0. The van der Waals surface area contributed by atoms with Crippen molar-refractivity contribution in [3.63, 3.8) is 0 Å². The van der Waals surface area contributed by atoms with E-state index in [4.69, 9.17) is 0 Å². The van der Waals surface area contributed by atoms with Gasteiger partial charge in [-0.3, -0.25) is 4.79 Å². The Morgan fingerprint density at radius 2 is 1.74 bits per heavy atom. The van der Waals surface area contributed by atoms with E-state index in [2.05, 4.69) is 26.1 Å². The number of hydrogen-bond donors (Lipinski definition) is 2. The molecule has 0 radical (unpaired) electrons. The quantitative estimate of drug-likeness (QED) is 0.808. The van der Waals surface area contributed by atoms with Crippen molar-refractivity contribution in [1.82, 2.24) is 5.32 Å². The zero-order valence-electron chi connectivity index (χ0n) is 12.8. The molecule has 0 heterocycles. The van der Waals surface area contributed by atoms with Gasteiger partial charge in [-0.25, -0.2) is 0 Å². The summed E-state index contributed by atoms with van der Waals surface area (Å²) in [5.74, 6) is 1.16. The summed E-state index contributed by atoms with van der Waals surface area (Å²) in [7, 11) is 0. The SMILES string of the molecule is CC1(O)CCC(NC(=O)C2CC(C(C)(C)C)C2)CC1. The molecule has 0 aromatic heterocycles. The molecular formula is C16H29NO2. The van der Waals surface area contributed by atoms with Crippen LogP contribution >= 0.6 is 0 Å². The molecule has 0 saturated heterocycles. The Balaban J connectivity index is 1.72. The van der Waals surface area contributed by atoms with Gasteiger partial charge in [0.1, 0.15) is 0 Å². The summed E-state index contributed by atoms with van der Waals surface area (Å²) in [5.41, 5.74) is -0.185. The van der Waals surface area contributed by atoms with E-state index < -0.39 is 5.60 Å². The Bertz CT molecular complexity index is 327. The van der Waals surface area contributed by atoms with Gasteiger partial charge < -0.3 is 10.4 Å². The zero-order valence-corrected chi connectivity index (χ0v) is 12.8. The fourth-order valence-electron chi connectivity index (χ4n) is 3.24. The number of carbonyl (C=O) groups excluding carboxylic acids is 1. The summed E-state index contributed by atoms with van der Waals surface area (Å²) in [6.07, 6.45) is 5.50. The van der Waals surface area contributed by atoms with Crippen molar-refractivity contribution in [3.8, 4) is 0 Å². The molecule has 3 nitrogen and oxygen atoms in total. The van der Waals surface area contributed by atoms with Crippen molar-refractivity contribution in [3.05, 3.63) is 0 Å². The van der Waals surface area contributed by atoms with Crippen LogP contribution in [-0.2, 0) is 4.79 Å². The van der Waals surface area contributed by atoms with Gasteiger partial charge in [0.2, 0.25) is 5.91 Å². The van der Waals surface area contributed by atoms with Crippen LogP contribution in [0.5, 0.6) is 0 Å². The lowest BCUT2D eigenvalue weighted by molar-refractivity contribution is -0.132. The lowest BCUT2D eigenvalue weighted by atomic mass is 9.63. The molecule has 0 spiro atoms. The summed E-state index contributed by atoms with van der Waals surface area (Å²) in [4.78, 5) is 12.2. The molecule has 2 N–H and O–H groups in total. The van der Waals surface area contributed by atoms with Gasteiger partial charge in [-0.2, -0.15) is 0 Å². The van der Waals surface area contributed by atoms with Crippen molar-refractivity contribution in [2.75, 3.05) is 0 Å². The highest BCUT2D eigenvalue weighted by atomic mass is 16.3. The normalized spacial score (nSPS) is 39.5. The van der Waals surface area contributed by atoms with Gasteiger partial charge >= 0.3 is 0 Å². The summed E-state index contributed by atoms with van der Waals surface area (Å²) in [6, 6.07) is 0.279. The molecule has 1 amide bonds. The van der Waals surface area contributed by atoms with Gasteiger partial charge in [0.15, 0.2) is 0 Å². The van der Waals surface area contributed by atoms with E-state index in [0.29, 0.717) is 11.3 Å². The van der Waals surface area contributed by atoms with E-state index in [1.54, 1.807) is 0 Å². The maximum absolute atomic E-state index is 12.2. The van der Waals surface area contributed by atoms with E-state index in [-0.39, 0.29) is 17.9 Å². The molecule has 110 valence electrons. The van der Waals surface area contributed by atoms with Crippen molar-refractivity contribution in [2.45, 2.75) is 77.9 Å². The van der Waals surface area contributed by atoms with E-state index >= 15 is 0 Å². The molecule has 3 heteroatoms. The number of aliphatic hydroxyl groups is 1.